The molecule has 1 amide bonds. The summed E-state index contributed by atoms with van der Waals surface area (Å²) in [7, 11) is 0. The van der Waals surface area contributed by atoms with Gasteiger partial charge in [-0.1, -0.05) is 17.9 Å². The fraction of sp³-hybridized carbons (Fsp3) is 0.250. The molecular formula is C16H18N4O. The predicted molar refractivity (Wildman–Crippen MR) is 81.7 cm³/mol. The minimum Gasteiger partial charge on any atom is -0.352 e. The number of rotatable bonds is 4. The lowest BCUT2D eigenvalue weighted by molar-refractivity contribution is 0.0954. The molecule has 1 aromatic carbocycles. The topological polar surface area (TPSA) is 83.8 Å². The summed E-state index contributed by atoms with van der Waals surface area (Å²) in [5, 5.41) is 2.88. The van der Waals surface area contributed by atoms with E-state index < -0.39 is 0 Å². The van der Waals surface area contributed by atoms with Crippen molar-refractivity contribution in [3.05, 3.63) is 53.1 Å². The molecule has 0 aliphatic carbocycles. The van der Waals surface area contributed by atoms with Crippen molar-refractivity contribution in [2.75, 3.05) is 13.1 Å². The monoisotopic (exact) mass is 282 g/mol. The maximum absolute atomic E-state index is 12.1. The second kappa shape index (κ2) is 7.27. The summed E-state index contributed by atoms with van der Waals surface area (Å²) >= 11 is 0. The van der Waals surface area contributed by atoms with Crippen LogP contribution in [-0.2, 0) is 6.42 Å². The summed E-state index contributed by atoms with van der Waals surface area (Å²) < 4.78 is 0. The Bertz CT molecular complexity index is 665. The zero-order valence-corrected chi connectivity index (χ0v) is 11.9. The van der Waals surface area contributed by atoms with Crippen LogP contribution in [0.25, 0.3) is 0 Å². The first-order valence-electron chi connectivity index (χ1n) is 6.75. The second-order valence-electron chi connectivity index (χ2n) is 4.62. The summed E-state index contributed by atoms with van der Waals surface area (Å²) in [6, 6.07) is 5.49. The number of nitrogens with one attached hydrogen (secondary N) is 2. The van der Waals surface area contributed by atoms with E-state index in [4.69, 9.17) is 5.73 Å². The van der Waals surface area contributed by atoms with Crippen LogP contribution in [0.1, 0.15) is 27.2 Å². The molecule has 1 aromatic heterocycles. The van der Waals surface area contributed by atoms with E-state index >= 15 is 0 Å². The van der Waals surface area contributed by atoms with Crippen LogP contribution in [0, 0.1) is 18.8 Å². The van der Waals surface area contributed by atoms with Gasteiger partial charge in [-0.2, -0.15) is 0 Å². The number of hydrogen-bond donors (Lipinski definition) is 3. The van der Waals surface area contributed by atoms with Crippen LogP contribution >= 0.6 is 0 Å². The molecule has 0 unspecified atom stereocenters. The Hall–Kier alpha value is -2.58. The number of benzene rings is 1. The molecule has 5 heteroatoms. The Morgan fingerprint density at radius 3 is 3.05 bits per heavy atom. The molecule has 1 heterocycles. The molecule has 0 radical (unpaired) electrons. The van der Waals surface area contributed by atoms with E-state index in [1.807, 2.05) is 13.0 Å². The number of aromatic amines is 1. The molecular weight excluding hydrogens is 264 g/mol. The van der Waals surface area contributed by atoms with Crippen molar-refractivity contribution in [2.24, 2.45) is 5.73 Å². The Balaban J connectivity index is 1.98. The third kappa shape index (κ3) is 4.20. The highest BCUT2D eigenvalue weighted by atomic mass is 16.1. The fourth-order valence-electron chi connectivity index (χ4n) is 1.88. The van der Waals surface area contributed by atoms with Crippen LogP contribution in [0.4, 0.5) is 0 Å². The summed E-state index contributed by atoms with van der Waals surface area (Å²) in [6.45, 7) is 2.82. The molecule has 0 atom stereocenters. The standard InChI is InChI=1S/C16H18N4O/c1-12-4-5-14(9-13(12)3-2-7-17)16(21)19-8-6-15-10-18-11-20-15/h4-5,9-11H,6-8,17H2,1H3,(H,18,20)(H,19,21). The van der Waals surface area contributed by atoms with Crippen molar-refractivity contribution in [1.82, 2.24) is 15.3 Å². The number of nitrogens with zero attached hydrogens (tertiary/aromatic N) is 1. The average Bonchev–Trinajstić information content (AvgIpc) is 2.99. The van der Waals surface area contributed by atoms with Crippen molar-refractivity contribution < 1.29 is 4.79 Å². The lowest BCUT2D eigenvalue weighted by Gasteiger charge is -2.06. The number of aryl methyl sites for hydroxylation is 1. The van der Waals surface area contributed by atoms with Crippen LogP contribution < -0.4 is 11.1 Å². The van der Waals surface area contributed by atoms with E-state index in [0.29, 0.717) is 18.7 Å². The highest BCUT2D eigenvalue weighted by molar-refractivity contribution is 5.94. The zero-order valence-electron chi connectivity index (χ0n) is 11.9. The van der Waals surface area contributed by atoms with Crippen LogP contribution in [-0.4, -0.2) is 29.0 Å². The largest absolute Gasteiger partial charge is 0.352 e. The number of aromatic nitrogens is 2. The van der Waals surface area contributed by atoms with Gasteiger partial charge in [0.05, 0.1) is 12.9 Å². The van der Waals surface area contributed by atoms with Gasteiger partial charge in [0.25, 0.3) is 5.91 Å². The second-order valence-corrected chi connectivity index (χ2v) is 4.62. The van der Waals surface area contributed by atoms with E-state index in [0.717, 1.165) is 23.2 Å². The third-order valence-electron chi connectivity index (χ3n) is 3.06. The lowest BCUT2D eigenvalue weighted by atomic mass is 10.0. The molecule has 2 rings (SSSR count). The number of H-pyrrole nitrogens is 1. The molecule has 0 fully saturated rings. The molecule has 108 valence electrons. The van der Waals surface area contributed by atoms with E-state index in [1.165, 1.54) is 0 Å². The smallest absolute Gasteiger partial charge is 0.251 e. The molecule has 5 nitrogen and oxygen atoms in total. The summed E-state index contributed by atoms with van der Waals surface area (Å²) in [5.74, 6) is 5.68. The highest BCUT2D eigenvalue weighted by Crippen LogP contribution is 2.10. The molecule has 21 heavy (non-hydrogen) atoms. The van der Waals surface area contributed by atoms with Gasteiger partial charge in [0.15, 0.2) is 0 Å². The molecule has 2 aromatic rings. The Morgan fingerprint density at radius 2 is 2.33 bits per heavy atom. The quantitative estimate of drug-likeness (QED) is 0.732. The summed E-state index contributed by atoms with van der Waals surface area (Å²) in [6.07, 6.45) is 4.09. The molecule has 4 N–H and O–H groups in total. The lowest BCUT2D eigenvalue weighted by Crippen LogP contribution is -2.25. The van der Waals surface area contributed by atoms with Crippen LogP contribution in [0.3, 0.4) is 0 Å². The minimum absolute atomic E-state index is 0.106. The Kier molecular flexibility index (Phi) is 5.13. The van der Waals surface area contributed by atoms with Crippen molar-refractivity contribution in [3.63, 3.8) is 0 Å². The van der Waals surface area contributed by atoms with Crippen LogP contribution in [0.15, 0.2) is 30.7 Å². The van der Waals surface area contributed by atoms with E-state index in [-0.39, 0.29) is 5.91 Å². The summed E-state index contributed by atoms with van der Waals surface area (Å²) in [5.41, 5.74) is 8.84. The van der Waals surface area contributed by atoms with Crippen LogP contribution in [0.5, 0.6) is 0 Å². The van der Waals surface area contributed by atoms with E-state index in [1.54, 1.807) is 24.7 Å². The number of carbonyl (C=O) groups is 1. The van der Waals surface area contributed by atoms with E-state index in [9.17, 15) is 4.79 Å². The number of hydrogen-bond acceptors (Lipinski definition) is 3. The average molecular weight is 282 g/mol. The minimum atomic E-state index is -0.106. The number of imidazole rings is 1. The third-order valence-corrected chi connectivity index (χ3v) is 3.06. The van der Waals surface area contributed by atoms with Gasteiger partial charge in [-0.3, -0.25) is 4.79 Å². The first kappa shape index (κ1) is 14.8. The SMILES string of the molecule is Cc1ccc(C(=O)NCCc2cnc[nH]2)cc1C#CCN. The van der Waals surface area contributed by atoms with Crippen molar-refractivity contribution >= 4 is 5.91 Å². The molecule has 0 bridgehead atoms. The van der Waals surface area contributed by atoms with Crippen molar-refractivity contribution in [3.8, 4) is 11.8 Å². The van der Waals surface area contributed by atoms with Gasteiger partial charge in [0.2, 0.25) is 0 Å². The van der Waals surface area contributed by atoms with Crippen molar-refractivity contribution in [1.29, 1.82) is 0 Å². The zero-order chi connectivity index (χ0) is 15.1. The number of amides is 1. The van der Waals surface area contributed by atoms with Gasteiger partial charge in [0.1, 0.15) is 0 Å². The van der Waals surface area contributed by atoms with Gasteiger partial charge >= 0.3 is 0 Å². The molecule has 0 saturated carbocycles. The maximum atomic E-state index is 12.1. The molecule has 0 spiro atoms. The van der Waals surface area contributed by atoms with Crippen molar-refractivity contribution in [2.45, 2.75) is 13.3 Å². The predicted octanol–water partition coefficient (Wildman–Crippen LogP) is 1.00. The van der Waals surface area contributed by atoms with Gasteiger partial charge in [-0.15, -0.1) is 0 Å². The fourth-order valence-corrected chi connectivity index (χ4v) is 1.88. The summed E-state index contributed by atoms with van der Waals surface area (Å²) in [4.78, 5) is 19.0. The first-order chi connectivity index (χ1) is 10.2. The molecule has 0 aliphatic heterocycles. The van der Waals surface area contributed by atoms with Crippen LogP contribution in [0.2, 0.25) is 0 Å². The Labute approximate surface area is 124 Å². The Morgan fingerprint density at radius 1 is 1.48 bits per heavy atom. The maximum Gasteiger partial charge on any atom is 0.251 e. The first-order valence-corrected chi connectivity index (χ1v) is 6.75. The van der Waals surface area contributed by atoms with Gasteiger partial charge < -0.3 is 16.0 Å². The molecule has 0 aliphatic rings. The molecule has 0 saturated heterocycles. The highest BCUT2D eigenvalue weighted by Gasteiger charge is 2.07. The van der Waals surface area contributed by atoms with Gasteiger partial charge in [-0.25, -0.2) is 4.98 Å². The number of nitrogens with two attached hydrogens (primary N) is 1. The van der Waals surface area contributed by atoms with Gasteiger partial charge in [-0.05, 0) is 24.6 Å². The van der Waals surface area contributed by atoms with E-state index in [2.05, 4.69) is 27.1 Å². The van der Waals surface area contributed by atoms with Gasteiger partial charge in [0, 0.05) is 36.0 Å². The normalized spacial score (nSPS) is 9.81. The number of carbonyl (C=O) groups excluding carboxylic acids is 1.